The molecule has 9 nitrogen and oxygen atoms in total. The Morgan fingerprint density at radius 1 is 1.00 bits per heavy atom. The van der Waals surface area contributed by atoms with E-state index in [4.69, 9.17) is 23.2 Å². The standard InChI is InChI=1S/C17H17Cl2N5O4/c18-7-9-22(10-8-19)14-3-1-13(2-4-14)12-20-21-16-6-5-15(23(25)26)11-17(16)24(27)28/h1-6,11-12,21H,7-10H2. The Bertz CT molecular complexity index is 855. The molecular weight excluding hydrogens is 409 g/mol. The van der Waals surface area contributed by atoms with Gasteiger partial charge in [-0.2, -0.15) is 5.10 Å². The summed E-state index contributed by atoms with van der Waals surface area (Å²) < 4.78 is 0. The van der Waals surface area contributed by atoms with Crippen LogP contribution in [-0.4, -0.2) is 40.9 Å². The van der Waals surface area contributed by atoms with Gasteiger partial charge < -0.3 is 4.90 Å². The molecule has 11 heteroatoms. The second kappa shape index (κ2) is 10.4. The van der Waals surface area contributed by atoms with Gasteiger partial charge in [0.1, 0.15) is 5.69 Å². The molecule has 0 aliphatic rings. The number of benzene rings is 2. The molecule has 0 aliphatic carbocycles. The fourth-order valence-corrected chi connectivity index (χ4v) is 2.81. The Hall–Kier alpha value is -2.91. The topological polar surface area (TPSA) is 114 Å². The number of nitro benzene ring substituents is 2. The molecule has 0 aromatic heterocycles. The molecule has 0 atom stereocenters. The summed E-state index contributed by atoms with van der Waals surface area (Å²) >= 11 is 11.6. The zero-order chi connectivity index (χ0) is 20.5. The first-order valence-corrected chi connectivity index (χ1v) is 9.22. The molecule has 2 aromatic carbocycles. The minimum atomic E-state index is -0.706. The second-order valence-corrected chi connectivity index (χ2v) is 6.30. The maximum Gasteiger partial charge on any atom is 0.301 e. The molecule has 0 spiro atoms. The largest absolute Gasteiger partial charge is 0.369 e. The van der Waals surface area contributed by atoms with E-state index in [-0.39, 0.29) is 11.4 Å². The molecule has 0 bridgehead atoms. The van der Waals surface area contributed by atoms with Crippen molar-refractivity contribution in [2.45, 2.75) is 0 Å². The third-order valence-corrected chi connectivity index (χ3v) is 4.09. The number of hydrogen-bond acceptors (Lipinski definition) is 7. The predicted octanol–water partition coefficient (Wildman–Crippen LogP) is 4.23. The first-order chi connectivity index (χ1) is 13.5. The minimum absolute atomic E-state index is 0.0545. The minimum Gasteiger partial charge on any atom is -0.369 e. The molecule has 0 heterocycles. The first-order valence-electron chi connectivity index (χ1n) is 8.15. The van der Waals surface area contributed by atoms with Crippen LogP contribution in [0.5, 0.6) is 0 Å². The van der Waals surface area contributed by atoms with E-state index in [1.54, 1.807) is 0 Å². The van der Waals surface area contributed by atoms with Crippen LogP contribution in [0, 0.1) is 20.2 Å². The van der Waals surface area contributed by atoms with Crippen LogP contribution in [0.4, 0.5) is 22.7 Å². The van der Waals surface area contributed by atoms with Crippen molar-refractivity contribution in [2.75, 3.05) is 35.2 Å². The molecule has 0 fully saturated rings. The fraction of sp³-hybridized carbons (Fsp3) is 0.235. The van der Waals surface area contributed by atoms with Crippen molar-refractivity contribution in [1.29, 1.82) is 0 Å². The quantitative estimate of drug-likeness (QED) is 0.263. The van der Waals surface area contributed by atoms with Gasteiger partial charge in [-0.1, -0.05) is 12.1 Å². The van der Waals surface area contributed by atoms with E-state index in [0.29, 0.717) is 24.8 Å². The highest BCUT2D eigenvalue weighted by atomic mass is 35.5. The molecule has 0 saturated carbocycles. The zero-order valence-electron chi connectivity index (χ0n) is 14.6. The van der Waals surface area contributed by atoms with Crippen LogP contribution in [0.2, 0.25) is 0 Å². The monoisotopic (exact) mass is 425 g/mol. The molecule has 0 unspecified atom stereocenters. The van der Waals surface area contributed by atoms with Crippen molar-refractivity contribution < 1.29 is 9.85 Å². The van der Waals surface area contributed by atoms with E-state index in [1.807, 2.05) is 24.3 Å². The number of non-ortho nitro benzene ring substituents is 1. The van der Waals surface area contributed by atoms with Crippen molar-refractivity contribution in [2.24, 2.45) is 5.10 Å². The van der Waals surface area contributed by atoms with Gasteiger partial charge in [0.25, 0.3) is 5.69 Å². The fourth-order valence-electron chi connectivity index (χ4n) is 2.40. The summed E-state index contributed by atoms with van der Waals surface area (Å²) in [7, 11) is 0. The van der Waals surface area contributed by atoms with Gasteiger partial charge in [-0.3, -0.25) is 25.7 Å². The number of nitro groups is 2. The molecule has 148 valence electrons. The van der Waals surface area contributed by atoms with Gasteiger partial charge in [0.2, 0.25) is 0 Å². The van der Waals surface area contributed by atoms with E-state index < -0.39 is 15.5 Å². The van der Waals surface area contributed by atoms with E-state index in [1.165, 1.54) is 18.3 Å². The number of nitrogens with one attached hydrogen (secondary N) is 1. The number of rotatable bonds is 10. The Morgan fingerprint density at radius 2 is 1.64 bits per heavy atom. The highest BCUT2D eigenvalue weighted by molar-refractivity contribution is 6.18. The third kappa shape index (κ3) is 5.80. The summed E-state index contributed by atoms with van der Waals surface area (Å²) in [5, 5.41) is 25.8. The van der Waals surface area contributed by atoms with Crippen LogP contribution in [0.3, 0.4) is 0 Å². The summed E-state index contributed by atoms with van der Waals surface area (Å²) in [6, 6.07) is 10.8. The number of halogens is 2. The van der Waals surface area contributed by atoms with Crippen molar-refractivity contribution in [3.8, 4) is 0 Å². The lowest BCUT2D eigenvalue weighted by Crippen LogP contribution is -2.27. The summed E-state index contributed by atoms with van der Waals surface area (Å²) in [4.78, 5) is 22.5. The number of anilines is 2. The zero-order valence-corrected chi connectivity index (χ0v) is 16.1. The van der Waals surface area contributed by atoms with Gasteiger partial charge in [0, 0.05) is 36.6 Å². The molecule has 0 saturated heterocycles. The highest BCUT2D eigenvalue weighted by Crippen LogP contribution is 2.28. The summed E-state index contributed by atoms with van der Waals surface area (Å²) in [6.07, 6.45) is 1.49. The van der Waals surface area contributed by atoms with Gasteiger partial charge >= 0.3 is 5.69 Å². The van der Waals surface area contributed by atoms with E-state index >= 15 is 0 Å². The molecule has 28 heavy (non-hydrogen) atoms. The molecule has 2 aromatic rings. The second-order valence-electron chi connectivity index (χ2n) is 5.54. The lowest BCUT2D eigenvalue weighted by atomic mass is 10.2. The van der Waals surface area contributed by atoms with Crippen LogP contribution in [0.15, 0.2) is 47.6 Å². The number of hydrogen-bond donors (Lipinski definition) is 1. The van der Waals surface area contributed by atoms with Gasteiger partial charge in [0.05, 0.1) is 22.1 Å². The van der Waals surface area contributed by atoms with Crippen molar-refractivity contribution in [1.82, 2.24) is 0 Å². The Kier molecular flexibility index (Phi) is 7.97. The predicted molar refractivity (Wildman–Crippen MR) is 111 cm³/mol. The van der Waals surface area contributed by atoms with Crippen LogP contribution >= 0.6 is 23.2 Å². The smallest absolute Gasteiger partial charge is 0.301 e. The molecule has 0 radical (unpaired) electrons. The van der Waals surface area contributed by atoms with Gasteiger partial charge in [-0.25, -0.2) is 0 Å². The lowest BCUT2D eigenvalue weighted by Gasteiger charge is -2.22. The summed E-state index contributed by atoms with van der Waals surface area (Å²) in [5.74, 6) is 0.968. The van der Waals surface area contributed by atoms with Crippen LogP contribution in [0.25, 0.3) is 0 Å². The first kappa shape index (κ1) is 21.4. The maximum atomic E-state index is 11.1. The van der Waals surface area contributed by atoms with Crippen molar-refractivity contribution >= 4 is 52.2 Å². The lowest BCUT2D eigenvalue weighted by molar-refractivity contribution is -0.393. The Labute approximate surface area is 170 Å². The van der Waals surface area contributed by atoms with Crippen molar-refractivity contribution in [3.63, 3.8) is 0 Å². The van der Waals surface area contributed by atoms with Gasteiger partial charge in [0.15, 0.2) is 0 Å². The summed E-state index contributed by atoms with van der Waals surface area (Å²) in [5.41, 5.74) is 3.54. The molecular formula is C17H17Cl2N5O4. The number of nitrogens with zero attached hydrogens (tertiary/aromatic N) is 4. The summed E-state index contributed by atoms with van der Waals surface area (Å²) in [6.45, 7) is 1.35. The normalized spacial score (nSPS) is 10.8. The molecule has 0 amide bonds. The Balaban J connectivity index is 2.10. The van der Waals surface area contributed by atoms with Crippen molar-refractivity contribution in [3.05, 3.63) is 68.3 Å². The van der Waals surface area contributed by atoms with Crippen LogP contribution in [0.1, 0.15) is 5.56 Å². The number of alkyl halides is 2. The average molecular weight is 426 g/mol. The van der Waals surface area contributed by atoms with Gasteiger partial charge in [-0.05, 0) is 23.8 Å². The molecule has 2 rings (SSSR count). The SMILES string of the molecule is O=[N+]([O-])c1ccc(NN=Cc2ccc(N(CCCl)CCCl)cc2)c([N+](=O)[O-])c1. The highest BCUT2D eigenvalue weighted by Gasteiger charge is 2.19. The van der Waals surface area contributed by atoms with E-state index in [2.05, 4.69) is 15.4 Å². The van der Waals surface area contributed by atoms with E-state index in [9.17, 15) is 20.2 Å². The van der Waals surface area contributed by atoms with Gasteiger partial charge in [-0.15, -0.1) is 23.2 Å². The average Bonchev–Trinajstić information content (AvgIpc) is 2.68. The van der Waals surface area contributed by atoms with Crippen LogP contribution in [-0.2, 0) is 0 Å². The maximum absolute atomic E-state index is 11.1. The molecule has 1 N–H and O–H groups in total. The molecule has 0 aliphatic heterocycles. The third-order valence-electron chi connectivity index (χ3n) is 3.75. The van der Waals surface area contributed by atoms with Crippen LogP contribution < -0.4 is 10.3 Å². The number of hydrazone groups is 1. The Morgan fingerprint density at radius 3 is 2.18 bits per heavy atom. The van der Waals surface area contributed by atoms with E-state index in [0.717, 1.165) is 17.3 Å².